The first-order valence-electron chi connectivity index (χ1n) is 10.2. The van der Waals surface area contributed by atoms with Crippen LogP contribution in [-0.2, 0) is 4.79 Å². The molecule has 1 saturated heterocycles. The van der Waals surface area contributed by atoms with Crippen molar-refractivity contribution in [2.24, 2.45) is 0 Å². The van der Waals surface area contributed by atoms with Crippen molar-refractivity contribution < 1.29 is 22.8 Å². The summed E-state index contributed by atoms with van der Waals surface area (Å²) in [7, 11) is 1.93. The number of anilines is 3. The summed E-state index contributed by atoms with van der Waals surface area (Å²) in [5, 5.41) is 2.17. The number of benzene rings is 2. The number of fused-ring (bicyclic) bond motifs is 5. The van der Waals surface area contributed by atoms with Crippen molar-refractivity contribution in [3.8, 4) is 0 Å². The molecule has 2 aliphatic heterocycles. The van der Waals surface area contributed by atoms with Crippen molar-refractivity contribution in [3.05, 3.63) is 53.1 Å². The minimum atomic E-state index is -4.90. The number of nitrogens with one attached hydrogen (secondary N) is 1. The van der Waals surface area contributed by atoms with Gasteiger partial charge in [-0.25, -0.2) is 0 Å². The molecule has 1 N–H and O–H groups in total. The predicted molar refractivity (Wildman–Crippen MR) is 113 cm³/mol. The highest BCUT2D eigenvalue weighted by atomic mass is 19.4. The minimum absolute atomic E-state index is 0.0324. The molecule has 0 radical (unpaired) electrons. The van der Waals surface area contributed by atoms with Crippen molar-refractivity contribution in [3.63, 3.8) is 0 Å². The van der Waals surface area contributed by atoms with Gasteiger partial charge in [-0.2, -0.15) is 13.2 Å². The molecule has 2 aromatic carbocycles. The Labute approximate surface area is 178 Å². The van der Waals surface area contributed by atoms with Gasteiger partial charge in [0.15, 0.2) is 5.78 Å². The molecule has 8 heteroatoms. The van der Waals surface area contributed by atoms with Gasteiger partial charge in [0.25, 0.3) is 0 Å². The quantitative estimate of drug-likeness (QED) is 0.703. The average Bonchev–Trinajstić information content (AvgIpc) is 2.81. The first kappa shape index (κ1) is 21.2. The summed E-state index contributed by atoms with van der Waals surface area (Å²) in [6.45, 7) is 4.00. The van der Waals surface area contributed by atoms with Crippen molar-refractivity contribution in [1.29, 1.82) is 0 Å². The largest absolute Gasteiger partial charge is 0.471 e. The van der Waals surface area contributed by atoms with Gasteiger partial charge >= 0.3 is 12.1 Å². The number of hydrogen-bond acceptors (Lipinski definition) is 4. The van der Waals surface area contributed by atoms with Gasteiger partial charge in [-0.15, -0.1) is 0 Å². The lowest BCUT2D eigenvalue weighted by molar-refractivity contribution is -0.174. The molecule has 1 fully saturated rings. The number of Topliss-reactive ketones (excluding diaryl/α,β-unsaturated/α-hetero) is 1. The van der Waals surface area contributed by atoms with Crippen LogP contribution in [0.4, 0.5) is 30.2 Å². The maximum Gasteiger partial charge on any atom is 0.471 e. The van der Waals surface area contributed by atoms with E-state index in [0.717, 1.165) is 28.2 Å². The number of alkyl halides is 3. The summed E-state index contributed by atoms with van der Waals surface area (Å²) in [6.07, 6.45) is -4.14. The van der Waals surface area contributed by atoms with E-state index in [2.05, 4.69) is 10.2 Å². The third kappa shape index (κ3) is 3.75. The lowest BCUT2D eigenvalue weighted by atomic mass is 9.88. The van der Waals surface area contributed by atoms with Gasteiger partial charge < -0.3 is 15.1 Å². The maximum atomic E-state index is 12.8. The van der Waals surface area contributed by atoms with E-state index in [0.29, 0.717) is 24.9 Å². The highest BCUT2D eigenvalue weighted by Crippen LogP contribution is 2.49. The molecule has 2 heterocycles. The van der Waals surface area contributed by atoms with Gasteiger partial charge in [-0.1, -0.05) is 12.1 Å². The van der Waals surface area contributed by atoms with Gasteiger partial charge in [-0.05, 0) is 56.5 Å². The Hall–Kier alpha value is -3.03. The number of halogens is 3. The fraction of sp³-hybridized carbons (Fsp3) is 0.391. The molecule has 4 rings (SSSR count). The van der Waals surface area contributed by atoms with E-state index in [4.69, 9.17) is 0 Å². The number of nitrogens with zero attached hydrogens (tertiary/aromatic N) is 2. The van der Waals surface area contributed by atoms with Crippen LogP contribution in [0, 0.1) is 6.92 Å². The SMILES string of the molecule is CC(=O)c1ccc2c(c1)N(C)c1cccc(C)c1[C@H]1C[C@@H](NC(=O)C(F)(F)F)CCN21. The Morgan fingerprint density at radius 3 is 2.52 bits per heavy atom. The second-order valence-electron chi connectivity index (χ2n) is 8.23. The summed E-state index contributed by atoms with van der Waals surface area (Å²) < 4.78 is 38.4. The third-order valence-corrected chi connectivity index (χ3v) is 6.24. The van der Waals surface area contributed by atoms with Gasteiger partial charge in [0.1, 0.15) is 0 Å². The highest BCUT2D eigenvalue weighted by Gasteiger charge is 2.42. The van der Waals surface area contributed by atoms with Crippen LogP contribution in [-0.4, -0.2) is 37.5 Å². The third-order valence-electron chi connectivity index (χ3n) is 6.24. The molecule has 31 heavy (non-hydrogen) atoms. The minimum Gasteiger partial charge on any atom is -0.363 e. The predicted octanol–water partition coefficient (Wildman–Crippen LogP) is 4.67. The van der Waals surface area contributed by atoms with Crippen LogP contribution >= 0.6 is 0 Å². The molecule has 2 atom stereocenters. The average molecular weight is 431 g/mol. The van der Waals surface area contributed by atoms with E-state index in [-0.39, 0.29) is 11.8 Å². The van der Waals surface area contributed by atoms with Crippen LogP contribution in [0.2, 0.25) is 0 Å². The monoisotopic (exact) mass is 431 g/mol. The summed E-state index contributed by atoms with van der Waals surface area (Å²) in [6, 6.07) is 10.7. The smallest absolute Gasteiger partial charge is 0.363 e. The molecule has 164 valence electrons. The lowest BCUT2D eigenvalue weighted by Crippen LogP contribution is -2.49. The highest BCUT2D eigenvalue weighted by molar-refractivity contribution is 5.97. The number of rotatable bonds is 2. The van der Waals surface area contributed by atoms with Crippen molar-refractivity contribution >= 4 is 28.8 Å². The Balaban J connectivity index is 1.79. The van der Waals surface area contributed by atoms with E-state index < -0.39 is 18.1 Å². The zero-order chi connectivity index (χ0) is 22.5. The second-order valence-corrected chi connectivity index (χ2v) is 8.23. The van der Waals surface area contributed by atoms with Crippen molar-refractivity contribution in [2.75, 3.05) is 23.4 Å². The Kier molecular flexibility index (Phi) is 5.19. The molecule has 0 spiro atoms. The number of ketones is 1. The second kappa shape index (κ2) is 7.59. The van der Waals surface area contributed by atoms with Crippen LogP contribution in [0.15, 0.2) is 36.4 Å². The van der Waals surface area contributed by atoms with Crippen LogP contribution in [0.5, 0.6) is 0 Å². The van der Waals surface area contributed by atoms with E-state index in [1.807, 2.05) is 49.2 Å². The van der Waals surface area contributed by atoms with E-state index in [1.165, 1.54) is 6.92 Å². The number of carbonyl (C=O) groups is 2. The van der Waals surface area contributed by atoms with Gasteiger partial charge in [0.2, 0.25) is 0 Å². The van der Waals surface area contributed by atoms with Crippen molar-refractivity contribution in [1.82, 2.24) is 5.32 Å². The molecule has 0 bridgehead atoms. The van der Waals surface area contributed by atoms with Crippen molar-refractivity contribution in [2.45, 2.75) is 44.9 Å². The number of aryl methyl sites for hydroxylation is 1. The molecule has 1 amide bonds. The molecule has 0 unspecified atom stereocenters. The summed E-state index contributed by atoms with van der Waals surface area (Å²) in [4.78, 5) is 27.7. The van der Waals surface area contributed by atoms with Crippen LogP contribution in [0.25, 0.3) is 0 Å². The van der Waals surface area contributed by atoms with E-state index in [1.54, 1.807) is 6.07 Å². The van der Waals surface area contributed by atoms with Gasteiger partial charge in [0.05, 0.1) is 17.4 Å². The molecular formula is C23H24F3N3O2. The lowest BCUT2D eigenvalue weighted by Gasteiger charge is -2.41. The van der Waals surface area contributed by atoms with E-state index in [9.17, 15) is 22.8 Å². The first-order valence-corrected chi connectivity index (χ1v) is 10.2. The zero-order valence-electron chi connectivity index (χ0n) is 17.6. The molecule has 0 aliphatic carbocycles. The summed E-state index contributed by atoms with van der Waals surface area (Å²) in [5.74, 6) is -1.93. The molecule has 0 saturated carbocycles. The number of amides is 1. The van der Waals surface area contributed by atoms with Crippen LogP contribution in [0.1, 0.15) is 47.3 Å². The Bertz CT molecular complexity index is 1050. The van der Waals surface area contributed by atoms with Gasteiger partial charge in [-0.3, -0.25) is 9.59 Å². The summed E-state index contributed by atoms with van der Waals surface area (Å²) >= 11 is 0. The standard InChI is InChI=1S/C23H24F3N3O2/c1-13-5-4-6-18-21(13)20-12-16(27-22(31)23(24,25)26)9-10-29(20)17-8-7-15(14(2)30)11-19(17)28(18)3/h4-8,11,16,20H,9-10,12H2,1-3H3,(H,27,31)/t16-,20+/m0/s1. The Morgan fingerprint density at radius 2 is 1.84 bits per heavy atom. The molecule has 2 aliphatic rings. The molecular weight excluding hydrogens is 407 g/mol. The zero-order valence-corrected chi connectivity index (χ0v) is 17.6. The van der Waals surface area contributed by atoms with E-state index >= 15 is 0 Å². The maximum absolute atomic E-state index is 12.8. The van der Waals surface area contributed by atoms with Crippen LogP contribution < -0.4 is 15.1 Å². The first-order chi connectivity index (χ1) is 14.6. The normalized spacial score (nSPS) is 20.3. The fourth-order valence-electron chi connectivity index (χ4n) is 4.70. The fourth-order valence-corrected chi connectivity index (χ4v) is 4.70. The Morgan fingerprint density at radius 1 is 1.10 bits per heavy atom. The molecule has 0 aromatic heterocycles. The number of piperidine rings is 1. The molecule has 2 aromatic rings. The van der Waals surface area contributed by atoms with Gasteiger partial charge in [0, 0.05) is 36.4 Å². The number of carbonyl (C=O) groups excluding carboxylic acids is 2. The summed E-state index contributed by atoms with van der Waals surface area (Å²) in [5.41, 5.74) is 5.40. The topological polar surface area (TPSA) is 52.7 Å². The molecule has 5 nitrogen and oxygen atoms in total. The number of hydrogen-bond donors (Lipinski definition) is 1. The van der Waals surface area contributed by atoms with Crippen LogP contribution in [0.3, 0.4) is 0 Å².